The number of ether oxygens (including phenoxy) is 1. The van der Waals surface area contributed by atoms with Gasteiger partial charge in [0.2, 0.25) is 0 Å². The highest BCUT2D eigenvalue weighted by atomic mass is 16.6. The Balaban J connectivity index is 0.000000653. The lowest BCUT2D eigenvalue weighted by atomic mass is 10.0. The van der Waals surface area contributed by atoms with Crippen molar-refractivity contribution in [2.45, 2.75) is 200 Å². The van der Waals surface area contributed by atoms with Gasteiger partial charge in [-0.25, -0.2) is 0 Å². The van der Waals surface area contributed by atoms with Gasteiger partial charge in [0, 0.05) is 0 Å². The van der Waals surface area contributed by atoms with Crippen LogP contribution in [0.2, 0.25) is 0 Å². The maximum absolute atomic E-state index is 5.22. The van der Waals surface area contributed by atoms with Crippen LogP contribution in [0.3, 0.4) is 0 Å². The predicted octanol–water partition coefficient (Wildman–Crippen LogP) is 12.0. The van der Waals surface area contributed by atoms with E-state index in [1.54, 1.807) is 0 Å². The second-order valence-electron chi connectivity index (χ2n) is 10.9. The Morgan fingerprint density at radius 1 is 0.364 bits per heavy atom. The van der Waals surface area contributed by atoms with Crippen LogP contribution >= 0.6 is 0 Å². The summed E-state index contributed by atoms with van der Waals surface area (Å²) in [4.78, 5) is 0. The number of rotatable bonds is 26. The lowest BCUT2D eigenvalue weighted by molar-refractivity contribution is 0.387. The fraction of sp³-hybridized carbons (Fsp3) is 1.00. The van der Waals surface area contributed by atoms with Crippen molar-refractivity contribution < 1.29 is 4.74 Å². The number of unbranched alkanes of at least 4 members (excludes halogenated alkanes) is 24. The van der Waals surface area contributed by atoms with Gasteiger partial charge in [-0.2, -0.15) is 0 Å². The van der Waals surface area contributed by atoms with Gasteiger partial charge in [0.25, 0.3) is 0 Å². The normalized spacial score (nSPS) is 14.8. The molecule has 0 spiro atoms. The summed E-state index contributed by atoms with van der Waals surface area (Å²) in [6, 6.07) is 0. The molecular weight excluding hydrogens is 400 g/mol. The first-order valence-electron chi connectivity index (χ1n) is 16.0. The summed E-state index contributed by atoms with van der Waals surface area (Å²) in [5.41, 5.74) is 0. The molecule has 1 unspecified atom stereocenters. The molecule has 0 aromatic rings. The van der Waals surface area contributed by atoms with Gasteiger partial charge in [0.1, 0.15) is 0 Å². The third-order valence-corrected chi connectivity index (χ3v) is 7.24. The molecule has 1 heterocycles. The summed E-state index contributed by atoms with van der Waals surface area (Å²) in [5.74, 6) is 0. The van der Waals surface area contributed by atoms with E-state index in [0.717, 1.165) is 6.61 Å². The first-order chi connectivity index (χ1) is 16.3. The van der Waals surface area contributed by atoms with Gasteiger partial charge in [-0.3, -0.25) is 0 Å². The molecule has 0 saturated carbocycles. The first kappa shape index (κ1) is 33.0. The largest absolute Gasteiger partial charge is 0.373 e. The monoisotopic (exact) mass is 467 g/mol. The molecule has 0 aromatic carbocycles. The van der Waals surface area contributed by atoms with E-state index in [1.807, 2.05) is 0 Å². The van der Waals surface area contributed by atoms with E-state index in [2.05, 4.69) is 20.8 Å². The molecule has 0 aromatic heterocycles. The first-order valence-corrected chi connectivity index (χ1v) is 16.0. The minimum atomic E-state index is 0.650. The maximum Gasteiger partial charge on any atom is 0.0810 e. The molecule has 0 amide bonds. The van der Waals surface area contributed by atoms with Crippen LogP contribution in [0.4, 0.5) is 0 Å². The van der Waals surface area contributed by atoms with Crippen LogP contribution in [0.5, 0.6) is 0 Å². The van der Waals surface area contributed by atoms with E-state index >= 15 is 0 Å². The topological polar surface area (TPSA) is 12.5 Å². The van der Waals surface area contributed by atoms with Crippen LogP contribution in [-0.2, 0) is 4.74 Å². The smallest absolute Gasteiger partial charge is 0.0810 e. The van der Waals surface area contributed by atoms with Gasteiger partial charge in [-0.1, -0.05) is 188 Å². The summed E-state index contributed by atoms with van der Waals surface area (Å²) in [5, 5.41) is 0. The summed E-state index contributed by atoms with van der Waals surface area (Å²) in [6.45, 7) is 7.90. The van der Waals surface area contributed by atoms with Crippen molar-refractivity contribution in [3.05, 3.63) is 0 Å². The van der Waals surface area contributed by atoms with Crippen molar-refractivity contribution in [2.24, 2.45) is 0 Å². The third-order valence-electron chi connectivity index (χ3n) is 7.24. The lowest BCUT2D eigenvalue weighted by Gasteiger charge is -2.03. The SMILES string of the molecule is CCCCCCCCCCCCCC.CCCCCCCCCCCCCCCCC1CO1. The number of hydrogen-bond acceptors (Lipinski definition) is 1. The number of epoxide rings is 1. The van der Waals surface area contributed by atoms with Crippen LogP contribution in [0, 0.1) is 0 Å². The lowest BCUT2D eigenvalue weighted by Crippen LogP contribution is -1.86. The molecule has 1 rings (SSSR count). The summed E-state index contributed by atoms with van der Waals surface area (Å²) in [7, 11) is 0. The zero-order valence-electron chi connectivity index (χ0n) is 23.8. The highest BCUT2D eigenvalue weighted by molar-refractivity contribution is 4.68. The average Bonchev–Trinajstić information content (AvgIpc) is 3.65. The van der Waals surface area contributed by atoms with Gasteiger partial charge in [-0.05, 0) is 6.42 Å². The molecule has 1 fully saturated rings. The summed E-state index contributed by atoms with van der Waals surface area (Å²) < 4.78 is 5.22. The van der Waals surface area contributed by atoms with Crippen LogP contribution in [0.1, 0.15) is 194 Å². The van der Waals surface area contributed by atoms with Crippen molar-refractivity contribution in [3.63, 3.8) is 0 Å². The minimum absolute atomic E-state index is 0.650. The molecule has 1 saturated heterocycles. The Morgan fingerprint density at radius 2 is 0.576 bits per heavy atom. The van der Waals surface area contributed by atoms with Gasteiger partial charge >= 0.3 is 0 Å². The van der Waals surface area contributed by atoms with Gasteiger partial charge < -0.3 is 4.74 Å². The molecule has 1 atom stereocenters. The second kappa shape index (κ2) is 30.0. The van der Waals surface area contributed by atoms with Gasteiger partial charge in [-0.15, -0.1) is 0 Å². The molecule has 1 aliphatic heterocycles. The van der Waals surface area contributed by atoms with E-state index in [0.29, 0.717) is 6.10 Å². The van der Waals surface area contributed by atoms with Crippen molar-refractivity contribution in [2.75, 3.05) is 6.61 Å². The van der Waals surface area contributed by atoms with Crippen LogP contribution < -0.4 is 0 Å². The van der Waals surface area contributed by atoms with Crippen molar-refractivity contribution in [1.29, 1.82) is 0 Å². The molecule has 0 radical (unpaired) electrons. The minimum Gasteiger partial charge on any atom is -0.373 e. The fourth-order valence-corrected chi connectivity index (χ4v) is 4.72. The van der Waals surface area contributed by atoms with Gasteiger partial charge in [0.15, 0.2) is 0 Å². The Morgan fingerprint density at radius 3 is 0.788 bits per heavy atom. The molecule has 1 nitrogen and oxygen atoms in total. The third kappa shape index (κ3) is 32.0. The predicted molar refractivity (Wildman–Crippen MR) is 151 cm³/mol. The van der Waals surface area contributed by atoms with E-state index in [9.17, 15) is 0 Å². The van der Waals surface area contributed by atoms with E-state index < -0.39 is 0 Å². The Hall–Kier alpha value is -0.0400. The molecule has 0 aliphatic carbocycles. The highest BCUT2D eigenvalue weighted by Crippen LogP contribution is 2.18. The van der Waals surface area contributed by atoms with Crippen LogP contribution in [0.25, 0.3) is 0 Å². The summed E-state index contributed by atoms with van der Waals surface area (Å²) >= 11 is 0. The molecule has 0 bridgehead atoms. The fourth-order valence-electron chi connectivity index (χ4n) is 4.72. The Bertz CT molecular complexity index is 310. The molecule has 1 heteroatoms. The summed E-state index contributed by atoms with van der Waals surface area (Å²) in [6.07, 6.45) is 39.7. The van der Waals surface area contributed by atoms with Crippen molar-refractivity contribution >= 4 is 0 Å². The quantitative estimate of drug-likeness (QED) is 0.0911. The highest BCUT2D eigenvalue weighted by Gasteiger charge is 2.20. The molecule has 0 N–H and O–H groups in total. The molecular formula is C32H66O. The maximum atomic E-state index is 5.22. The van der Waals surface area contributed by atoms with Gasteiger partial charge in [0.05, 0.1) is 12.7 Å². The van der Waals surface area contributed by atoms with E-state index in [4.69, 9.17) is 4.74 Å². The molecule has 200 valence electrons. The van der Waals surface area contributed by atoms with Crippen LogP contribution in [-0.4, -0.2) is 12.7 Å². The zero-order chi connectivity index (χ0) is 24.1. The van der Waals surface area contributed by atoms with E-state index in [-0.39, 0.29) is 0 Å². The standard InChI is InChI=1S/C18H36O.C14H30/c1-2-3-4-5-6-7-8-9-10-11-12-13-14-15-16-18-17-19-18;1-3-5-7-9-11-13-14-12-10-8-6-4-2/h18H,2-17H2,1H3;3-14H2,1-2H3. The second-order valence-corrected chi connectivity index (χ2v) is 10.9. The number of hydrogen-bond donors (Lipinski definition) is 0. The molecule has 33 heavy (non-hydrogen) atoms. The van der Waals surface area contributed by atoms with Crippen molar-refractivity contribution in [1.82, 2.24) is 0 Å². The average molecular weight is 467 g/mol. The van der Waals surface area contributed by atoms with E-state index in [1.165, 1.54) is 173 Å². The zero-order valence-corrected chi connectivity index (χ0v) is 23.8. The Labute approximate surface area is 211 Å². The Kier molecular flexibility index (Phi) is 30.0. The molecule has 1 aliphatic rings. The van der Waals surface area contributed by atoms with Crippen LogP contribution in [0.15, 0.2) is 0 Å². The van der Waals surface area contributed by atoms with Crippen molar-refractivity contribution in [3.8, 4) is 0 Å².